The Kier molecular flexibility index (Phi) is 2.91. The van der Waals surface area contributed by atoms with E-state index in [0.717, 1.165) is 0 Å². The van der Waals surface area contributed by atoms with Crippen LogP contribution in [0.1, 0.15) is 5.56 Å². The molecule has 2 aromatic rings. The van der Waals surface area contributed by atoms with Crippen molar-refractivity contribution in [2.45, 2.75) is 4.90 Å². The molecule has 0 unspecified atom stereocenters. The van der Waals surface area contributed by atoms with Crippen molar-refractivity contribution in [1.29, 1.82) is 0 Å². The van der Waals surface area contributed by atoms with Crippen LogP contribution in [0.2, 0.25) is 0 Å². The van der Waals surface area contributed by atoms with Crippen molar-refractivity contribution in [2.24, 2.45) is 0 Å². The predicted molar refractivity (Wildman–Crippen MR) is 71.4 cm³/mol. The summed E-state index contributed by atoms with van der Waals surface area (Å²) in [5.41, 5.74) is -0.418. The van der Waals surface area contributed by atoms with Crippen molar-refractivity contribution in [3.8, 4) is 0 Å². The number of sulfonamides is 1. The molecule has 1 aromatic carbocycles. The number of nitrogens with one attached hydrogen (secondary N) is 2. The summed E-state index contributed by atoms with van der Waals surface area (Å²) in [6, 6.07) is 7.20. The Morgan fingerprint density at radius 2 is 2.05 bits per heavy atom. The lowest BCUT2D eigenvalue weighted by atomic mass is 10.1. The minimum atomic E-state index is -3.92. The highest BCUT2D eigenvalue weighted by atomic mass is 32.2. The second-order valence-electron chi connectivity index (χ2n) is 4.16. The summed E-state index contributed by atoms with van der Waals surface area (Å²) in [4.78, 5) is 11.9. The lowest BCUT2D eigenvalue weighted by Gasteiger charge is -2.20. The number of aliphatic hydroxyl groups is 1. The lowest BCUT2D eigenvalue weighted by molar-refractivity contribution is -0.113. The van der Waals surface area contributed by atoms with E-state index in [0.29, 0.717) is 0 Å². The number of fused-ring (bicyclic) bond motifs is 1. The standard InChI is InChI=1S/C12H9N3O5S/c16-11-7-3-1-2-4-8(7)21(18,19)15-10(11)12(17)13-9-5-6-20-14-9/h1-6,15-16H,(H,13,14,17). The van der Waals surface area contributed by atoms with Gasteiger partial charge in [-0.05, 0) is 12.1 Å². The molecule has 8 nitrogen and oxygen atoms in total. The SMILES string of the molecule is O=C(Nc1ccon1)C1=C(O)c2ccccc2S(=O)(=O)N1. The fraction of sp³-hybridized carbons (Fsp3) is 0. The van der Waals surface area contributed by atoms with E-state index in [1.54, 1.807) is 6.07 Å². The summed E-state index contributed by atoms with van der Waals surface area (Å²) in [5, 5.41) is 15.9. The number of carbonyl (C=O) groups excluding carboxylic acids is 1. The molecule has 2 heterocycles. The summed E-state index contributed by atoms with van der Waals surface area (Å²) in [6.45, 7) is 0. The van der Waals surface area contributed by atoms with Gasteiger partial charge in [-0.15, -0.1) is 0 Å². The number of aliphatic hydroxyl groups excluding tert-OH is 1. The van der Waals surface area contributed by atoms with Gasteiger partial charge in [-0.25, -0.2) is 8.42 Å². The molecule has 0 saturated heterocycles. The van der Waals surface area contributed by atoms with Gasteiger partial charge in [0.05, 0.1) is 4.90 Å². The number of hydrogen-bond donors (Lipinski definition) is 3. The molecule has 0 spiro atoms. The number of anilines is 1. The van der Waals surface area contributed by atoms with Gasteiger partial charge in [-0.2, -0.15) is 0 Å². The number of rotatable bonds is 2. The molecule has 1 aliphatic heterocycles. The smallest absolute Gasteiger partial charge is 0.277 e. The zero-order chi connectivity index (χ0) is 15.0. The monoisotopic (exact) mass is 307 g/mol. The van der Waals surface area contributed by atoms with Crippen molar-refractivity contribution in [1.82, 2.24) is 9.88 Å². The minimum absolute atomic E-state index is 0.0570. The average molecular weight is 307 g/mol. The first-order valence-electron chi connectivity index (χ1n) is 5.76. The lowest BCUT2D eigenvalue weighted by Crippen LogP contribution is -2.35. The average Bonchev–Trinajstić information content (AvgIpc) is 2.96. The topological polar surface area (TPSA) is 122 Å². The molecule has 3 N–H and O–H groups in total. The minimum Gasteiger partial charge on any atom is -0.505 e. The summed E-state index contributed by atoms with van der Waals surface area (Å²) in [5.74, 6) is -1.21. The highest BCUT2D eigenvalue weighted by molar-refractivity contribution is 7.89. The van der Waals surface area contributed by atoms with Gasteiger partial charge < -0.3 is 14.9 Å². The van der Waals surface area contributed by atoms with Gasteiger partial charge in [0, 0.05) is 11.6 Å². The zero-order valence-corrected chi connectivity index (χ0v) is 11.2. The molecule has 108 valence electrons. The summed E-state index contributed by atoms with van der Waals surface area (Å²) < 4.78 is 30.7. The molecule has 0 aliphatic carbocycles. The number of carbonyl (C=O) groups is 1. The van der Waals surface area contributed by atoms with Crippen LogP contribution >= 0.6 is 0 Å². The quantitative estimate of drug-likeness (QED) is 0.755. The van der Waals surface area contributed by atoms with Crippen LogP contribution < -0.4 is 10.0 Å². The van der Waals surface area contributed by atoms with Gasteiger partial charge in [-0.1, -0.05) is 17.3 Å². The molecule has 0 saturated carbocycles. The molecule has 0 radical (unpaired) electrons. The third-order valence-electron chi connectivity index (χ3n) is 2.81. The first kappa shape index (κ1) is 13.2. The third kappa shape index (κ3) is 2.23. The van der Waals surface area contributed by atoms with Crippen LogP contribution in [0, 0.1) is 0 Å². The molecule has 21 heavy (non-hydrogen) atoms. The maximum absolute atomic E-state index is 12.1. The fourth-order valence-corrected chi connectivity index (χ4v) is 3.16. The number of nitrogens with zero attached hydrogens (tertiary/aromatic N) is 1. The molecule has 1 aliphatic rings. The van der Waals surface area contributed by atoms with Crippen LogP contribution in [0.15, 0.2) is 51.7 Å². The van der Waals surface area contributed by atoms with E-state index in [4.69, 9.17) is 0 Å². The Balaban J connectivity index is 2.05. The molecule has 1 amide bonds. The van der Waals surface area contributed by atoms with E-state index in [1.165, 1.54) is 30.5 Å². The van der Waals surface area contributed by atoms with Gasteiger partial charge in [-0.3, -0.25) is 9.52 Å². The fourth-order valence-electron chi connectivity index (χ4n) is 1.88. The molecule has 0 atom stereocenters. The number of amides is 1. The normalized spacial score (nSPS) is 16.0. The highest BCUT2D eigenvalue weighted by Gasteiger charge is 2.32. The van der Waals surface area contributed by atoms with Crippen molar-refractivity contribution in [3.05, 3.63) is 47.9 Å². The highest BCUT2D eigenvalue weighted by Crippen LogP contribution is 2.28. The van der Waals surface area contributed by atoms with E-state index >= 15 is 0 Å². The molecule has 9 heteroatoms. The Morgan fingerprint density at radius 1 is 1.29 bits per heavy atom. The molecule has 0 bridgehead atoms. The third-order valence-corrected chi connectivity index (χ3v) is 4.22. The second kappa shape index (κ2) is 4.63. The van der Waals surface area contributed by atoms with Gasteiger partial charge in [0.2, 0.25) is 0 Å². The maximum atomic E-state index is 12.1. The van der Waals surface area contributed by atoms with Crippen molar-refractivity contribution in [2.75, 3.05) is 5.32 Å². The first-order chi connectivity index (χ1) is 9.99. The van der Waals surface area contributed by atoms with E-state index in [9.17, 15) is 18.3 Å². The molecule has 3 rings (SSSR count). The number of benzene rings is 1. The van der Waals surface area contributed by atoms with Gasteiger partial charge in [0.15, 0.2) is 17.3 Å². The van der Waals surface area contributed by atoms with E-state index in [1.807, 2.05) is 4.72 Å². The van der Waals surface area contributed by atoms with E-state index in [-0.39, 0.29) is 16.3 Å². The Morgan fingerprint density at radius 3 is 2.76 bits per heavy atom. The van der Waals surface area contributed by atoms with Crippen molar-refractivity contribution >= 4 is 27.5 Å². The van der Waals surface area contributed by atoms with Gasteiger partial charge in [0.25, 0.3) is 15.9 Å². The van der Waals surface area contributed by atoms with Crippen LogP contribution in [0.3, 0.4) is 0 Å². The maximum Gasteiger partial charge on any atom is 0.277 e. The van der Waals surface area contributed by atoms with Crippen LogP contribution in [0.25, 0.3) is 5.76 Å². The van der Waals surface area contributed by atoms with Gasteiger partial charge >= 0.3 is 0 Å². The van der Waals surface area contributed by atoms with E-state index in [2.05, 4.69) is 15.0 Å². The predicted octanol–water partition coefficient (Wildman–Crippen LogP) is 0.832. The van der Waals surface area contributed by atoms with Crippen LogP contribution in [-0.4, -0.2) is 24.6 Å². The first-order valence-corrected chi connectivity index (χ1v) is 7.24. The largest absolute Gasteiger partial charge is 0.505 e. The summed E-state index contributed by atoms with van der Waals surface area (Å²) >= 11 is 0. The van der Waals surface area contributed by atoms with Crippen molar-refractivity contribution < 1.29 is 22.8 Å². The second-order valence-corrected chi connectivity index (χ2v) is 5.81. The molecule has 0 fully saturated rings. The Hall–Kier alpha value is -2.81. The van der Waals surface area contributed by atoms with Crippen LogP contribution in [-0.2, 0) is 14.8 Å². The Bertz CT molecular complexity index is 840. The van der Waals surface area contributed by atoms with Crippen molar-refractivity contribution in [3.63, 3.8) is 0 Å². The number of aromatic nitrogens is 1. The van der Waals surface area contributed by atoms with E-state index < -0.39 is 27.4 Å². The van der Waals surface area contributed by atoms with Crippen LogP contribution in [0.5, 0.6) is 0 Å². The summed E-state index contributed by atoms with van der Waals surface area (Å²) in [7, 11) is -3.92. The van der Waals surface area contributed by atoms with Crippen LogP contribution in [0.4, 0.5) is 5.82 Å². The zero-order valence-electron chi connectivity index (χ0n) is 10.4. The van der Waals surface area contributed by atoms with Gasteiger partial charge in [0.1, 0.15) is 6.26 Å². The Labute approximate surface area is 119 Å². The number of hydrogen-bond acceptors (Lipinski definition) is 6. The molecular weight excluding hydrogens is 298 g/mol. The summed E-state index contributed by atoms with van der Waals surface area (Å²) in [6.07, 6.45) is 1.24. The molecule has 1 aromatic heterocycles. The molecular formula is C12H9N3O5S.